The third kappa shape index (κ3) is 2.99. The summed E-state index contributed by atoms with van der Waals surface area (Å²) in [6, 6.07) is 17.7. The van der Waals surface area contributed by atoms with Crippen LogP contribution in [-0.4, -0.2) is 15.5 Å². The van der Waals surface area contributed by atoms with Crippen LogP contribution in [0.15, 0.2) is 64.5 Å². The molecule has 0 aliphatic heterocycles. The predicted molar refractivity (Wildman–Crippen MR) is 106 cm³/mol. The summed E-state index contributed by atoms with van der Waals surface area (Å²) in [4.78, 5) is 17.6. The Balaban J connectivity index is 1.60. The van der Waals surface area contributed by atoms with Gasteiger partial charge in [-0.25, -0.2) is 4.98 Å². The predicted octanol–water partition coefficient (Wildman–Crippen LogP) is 5.32. The number of rotatable bonds is 3. The van der Waals surface area contributed by atoms with Crippen molar-refractivity contribution in [1.82, 2.24) is 9.55 Å². The molecule has 1 amide bonds. The number of amides is 1. The maximum atomic E-state index is 12.3. The van der Waals surface area contributed by atoms with Gasteiger partial charge in [0.15, 0.2) is 0 Å². The number of carbonyl (C=O) groups is 1. The smallest absolute Gasteiger partial charge is 0.266 e. The van der Waals surface area contributed by atoms with Gasteiger partial charge >= 0.3 is 0 Å². The van der Waals surface area contributed by atoms with Gasteiger partial charge in [-0.1, -0.05) is 12.1 Å². The van der Waals surface area contributed by atoms with Crippen molar-refractivity contribution in [2.45, 2.75) is 0 Å². The van der Waals surface area contributed by atoms with Crippen LogP contribution in [-0.2, 0) is 7.05 Å². The number of hydrogen-bond donors (Lipinski definition) is 1. The first-order chi connectivity index (χ1) is 12.1. The number of benzene rings is 2. The number of fused-ring (bicyclic) bond motifs is 1. The lowest BCUT2D eigenvalue weighted by atomic mass is 10.2. The lowest BCUT2D eigenvalue weighted by molar-refractivity contribution is 0.103. The second-order valence-corrected chi connectivity index (χ2v) is 7.38. The highest BCUT2D eigenvalue weighted by atomic mass is 79.9. The lowest BCUT2D eigenvalue weighted by Gasteiger charge is -2.06. The van der Waals surface area contributed by atoms with E-state index in [0.29, 0.717) is 4.88 Å². The Morgan fingerprint density at radius 2 is 1.88 bits per heavy atom. The molecule has 1 N–H and O–H groups in total. The second-order valence-electron chi connectivity index (χ2n) is 5.61. The fourth-order valence-corrected chi connectivity index (χ4v) is 4.20. The van der Waals surface area contributed by atoms with Crippen molar-refractivity contribution >= 4 is 49.9 Å². The standard InChI is InChI=1S/C19H14BrN3OS/c1-23-16-5-3-2-4-15(16)22-18(23)12-6-8-13(9-7-12)21-19(24)17-14(20)10-11-25-17/h2-11H,1H3,(H,21,24). The van der Waals surface area contributed by atoms with E-state index in [1.54, 1.807) is 0 Å². The van der Waals surface area contributed by atoms with E-state index in [9.17, 15) is 4.79 Å². The first kappa shape index (κ1) is 16.1. The Morgan fingerprint density at radius 3 is 2.56 bits per heavy atom. The van der Waals surface area contributed by atoms with E-state index in [2.05, 4.69) is 31.9 Å². The van der Waals surface area contributed by atoms with Crippen LogP contribution in [0.4, 0.5) is 5.69 Å². The van der Waals surface area contributed by atoms with E-state index in [1.807, 2.05) is 61.0 Å². The third-order valence-electron chi connectivity index (χ3n) is 4.01. The van der Waals surface area contributed by atoms with Crippen LogP contribution >= 0.6 is 27.3 Å². The average Bonchev–Trinajstić information content (AvgIpc) is 3.20. The van der Waals surface area contributed by atoms with Gasteiger partial charge in [0, 0.05) is 22.8 Å². The van der Waals surface area contributed by atoms with E-state index in [4.69, 9.17) is 4.98 Å². The Kier molecular flexibility index (Phi) is 4.15. The summed E-state index contributed by atoms with van der Waals surface area (Å²) in [6.45, 7) is 0. The van der Waals surface area contributed by atoms with Crippen LogP contribution in [0.3, 0.4) is 0 Å². The normalized spacial score (nSPS) is 11.0. The summed E-state index contributed by atoms with van der Waals surface area (Å²) in [5.41, 5.74) is 3.83. The molecule has 0 atom stereocenters. The van der Waals surface area contributed by atoms with Crippen molar-refractivity contribution in [3.63, 3.8) is 0 Å². The zero-order valence-corrected chi connectivity index (χ0v) is 15.8. The molecule has 2 aromatic heterocycles. The van der Waals surface area contributed by atoms with Crippen LogP contribution in [0, 0.1) is 0 Å². The Labute approximate surface area is 157 Å². The number of para-hydroxylation sites is 2. The molecular weight excluding hydrogens is 398 g/mol. The zero-order valence-electron chi connectivity index (χ0n) is 13.4. The number of carbonyl (C=O) groups excluding carboxylic acids is 1. The number of anilines is 1. The molecule has 0 saturated heterocycles. The molecule has 0 aliphatic rings. The molecule has 124 valence electrons. The number of hydrogen-bond acceptors (Lipinski definition) is 3. The maximum absolute atomic E-state index is 12.3. The molecule has 0 bridgehead atoms. The largest absolute Gasteiger partial charge is 0.327 e. The number of aryl methyl sites for hydroxylation is 1. The topological polar surface area (TPSA) is 46.9 Å². The number of halogens is 1. The van der Waals surface area contributed by atoms with Crippen LogP contribution < -0.4 is 5.32 Å². The van der Waals surface area contributed by atoms with Gasteiger partial charge in [-0.15, -0.1) is 11.3 Å². The van der Waals surface area contributed by atoms with Gasteiger partial charge in [-0.2, -0.15) is 0 Å². The van der Waals surface area contributed by atoms with E-state index < -0.39 is 0 Å². The molecule has 2 aromatic carbocycles. The molecule has 0 fully saturated rings. The van der Waals surface area contributed by atoms with E-state index in [1.165, 1.54) is 11.3 Å². The number of nitrogens with one attached hydrogen (secondary N) is 1. The number of imidazole rings is 1. The maximum Gasteiger partial charge on any atom is 0.266 e. The van der Waals surface area contributed by atoms with E-state index in [-0.39, 0.29) is 5.91 Å². The summed E-state index contributed by atoms with van der Waals surface area (Å²) in [7, 11) is 2.01. The molecule has 4 rings (SSSR count). The highest BCUT2D eigenvalue weighted by molar-refractivity contribution is 9.10. The van der Waals surface area contributed by atoms with Gasteiger partial charge in [-0.3, -0.25) is 4.79 Å². The highest BCUT2D eigenvalue weighted by Gasteiger charge is 2.13. The van der Waals surface area contributed by atoms with Crippen molar-refractivity contribution < 1.29 is 4.79 Å². The third-order valence-corrected chi connectivity index (χ3v) is 5.85. The number of thiophene rings is 1. The minimum Gasteiger partial charge on any atom is -0.327 e. The number of aromatic nitrogens is 2. The van der Waals surface area contributed by atoms with Crippen LogP contribution in [0.25, 0.3) is 22.4 Å². The first-order valence-corrected chi connectivity index (χ1v) is 9.37. The van der Waals surface area contributed by atoms with Crippen LogP contribution in [0.2, 0.25) is 0 Å². The quantitative estimate of drug-likeness (QED) is 0.495. The number of nitrogens with zero attached hydrogens (tertiary/aromatic N) is 2. The van der Waals surface area contributed by atoms with Crippen molar-refractivity contribution in [3.05, 3.63) is 69.3 Å². The highest BCUT2D eigenvalue weighted by Crippen LogP contribution is 2.26. The Morgan fingerprint density at radius 1 is 1.12 bits per heavy atom. The van der Waals surface area contributed by atoms with Crippen molar-refractivity contribution in [1.29, 1.82) is 0 Å². The fraction of sp³-hybridized carbons (Fsp3) is 0.0526. The average molecular weight is 412 g/mol. The molecule has 4 aromatic rings. The minimum atomic E-state index is -0.114. The summed E-state index contributed by atoms with van der Waals surface area (Å²) < 4.78 is 2.89. The molecule has 0 unspecified atom stereocenters. The molecule has 25 heavy (non-hydrogen) atoms. The van der Waals surface area contributed by atoms with Crippen LogP contribution in [0.5, 0.6) is 0 Å². The lowest BCUT2D eigenvalue weighted by Crippen LogP contribution is -2.10. The molecule has 2 heterocycles. The summed E-state index contributed by atoms with van der Waals surface area (Å²) >= 11 is 4.79. The molecule has 0 spiro atoms. The van der Waals surface area contributed by atoms with Gasteiger partial charge in [0.05, 0.1) is 11.0 Å². The van der Waals surface area contributed by atoms with Gasteiger partial charge in [0.2, 0.25) is 0 Å². The summed E-state index contributed by atoms with van der Waals surface area (Å²) in [5, 5.41) is 4.80. The monoisotopic (exact) mass is 411 g/mol. The van der Waals surface area contributed by atoms with E-state index in [0.717, 1.165) is 32.6 Å². The van der Waals surface area contributed by atoms with Crippen molar-refractivity contribution in [2.75, 3.05) is 5.32 Å². The SMILES string of the molecule is Cn1c(-c2ccc(NC(=O)c3sccc3Br)cc2)nc2ccccc21. The Bertz CT molecular complexity index is 1070. The zero-order chi connectivity index (χ0) is 17.4. The van der Waals surface area contributed by atoms with E-state index >= 15 is 0 Å². The van der Waals surface area contributed by atoms with Gasteiger partial charge in [0.25, 0.3) is 5.91 Å². The minimum absolute atomic E-state index is 0.114. The molecular formula is C19H14BrN3OS. The molecule has 4 nitrogen and oxygen atoms in total. The van der Waals surface area contributed by atoms with Gasteiger partial charge < -0.3 is 9.88 Å². The fourth-order valence-electron chi connectivity index (χ4n) is 2.75. The van der Waals surface area contributed by atoms with Crippen molar-refractivity contribution in [3.8, 4) is 11.4 Å². The molecule has 0 radical (unpaired) electrons. The second kappa shape index (κ2) is 6.46. The summed E-state index contributed by atoms with van der Waals surface area (Å²) in [6.07, 6.45) is 0. The summed E-state index contributed by atoms with van der Waals surface area (Å²) in [5.74, 6) is 0.789. The Hall–Kier alpha value is -2.44. The first-order valence-electron chi connectivity index (χ1n) is 7.70. The van der Waals surface area contributed by atoms with Crippen molar-refractivity contribution in [2.24, 2.45) is 7.05 Å². The molecule has 0 saturated carbocycles. The van der Waals surface area contributed by atoms with Crippen LogP contribution in [0.1, 0.15) is 9.67 Å². The molecule has 0 aliphatic carbocycles. The molecule has 6 heteroatoms. The van der Waals surface area contributed by atoms with Gasteiger partial charge in [-0.05, 0) is 63.8 Å². The van der Waals surface area contributed by atoms with Gasteiger partial charge in [0.1, 0.15) is 10.7 Å².